The molecule has 4 rings (SSSR count). The molecule has 1 aliphatic heterocycles. The summed E-state index contributed by atoms with van der Waals surface area (Å²) in [5.74, 6) is 0. The highest BCUT2D eigenvalue weighted by molar-refractivity contribution is 7.71. The van der Waals surface area contributed by atoms with Gasteiger partial charge in [0.15, 0.2) is 4.77 Å². The van der Waals surface area contributed by atoms with Gasteiger partial charge in [-0.3, -0.25) is 9.80 Å². The van der Waals surface area contributed by atoms with E-state index >= 15 is 0 Å². The summed E-state index contributed by atoms with van der Waals surface area (Å²) in [6.45, 7) is 9.21. The number of benzene rings is 2. The zero-order valence-electron chi connectivity index (χ0n) is 16.6. The van der Waals surface area contributed by atoms with Gasteiger partial charge in [0.25, 0.3) is 0 Å². The van der Waals surface area contributed by atoms with Crippen molar-refractivity contribution in [3.63, 3.8) is 0 Å². The third kappa shape index (κ3) is 4.56. The van der Waals surface area contributed by atoms with Crippen LogP contribution < -0.4 is 0 Å². The van der Waals surface area contributed by atoms with E-state index in [1.165, 1.54) is 11.1 Å². The normalized spacial score (nSPS) is 15.6. The van der Waals surface area contributed by atoms with Crippen LogP contribution in [0.2, 0.25) is 0 Å². The van der Waals surface area contributed by atoms with Crippen LogP contribution in [0.5, 0.6) is 0 Å². The highest BCUT2D eigenvalue weighted by Gasteiger charge is 2.26. The van der Waals surface area contributed by atoms with Crippen LogP contribution >= 0.6 is 12.2 Å². The maximum atomic E-state index is 5.53. The quantitative estimate of drug-likeness (QED) is 0.439. The molecule has 2 heterocycles. The average Bonchev–Trinajstić information content (AvgIpc) is 3.11. The van der Waals surface area contributed by atoms with Crippen LogP contribution in [0.3, 0.4) is 0 Å². The van der Waals surface area contributed by atoms with E-state index in [0.717, 1.165) is 37.6 Å². The molecule has 1 aromatic heterocycles. The Kier molecular flexibility index (Phi) is 6.34. The maximum absolute atomic E-state index is 5.53. The topological polar surface area (TPSA) is 29.2 Å². The Morgan fingerprint density at radius 2 is 1.52 bits per heavy atom. The third-order valence-corrected chi connectivity index (χ3v) is 5.90. The smallest absolute Gasteiger partial charge is 0.199 e. The van der Waals surface area contributed by atoms with E-state index < -0.39 is 0 Å². The zero-order chi connectivity index (χ0) is 20.1. The molecule has 0 atom stereocenters. The highest BCUT2D eigenvalue weighted by Crippen LogP contribution is 2.29. The second kappa shape index (κ2) is 9.31. The number of piperazine rings is 1. The maximum Gasteiger partial charge on any atom is 0.199 e. The number of rotatable bonds is 7. The van der Waals surface area contributed by atoms with Crippen molar-refractivity contribution >= 4 is 12.2 Å². The second-order valence-corrected chi connectivity index (χ2v) is 7.74. The number of nitrogens with zero attached hydrogens (tertiary/aromatic N) is 5. The van der Waals surface area contributed by atoms with Gasteiger partial charge in [-0.25, -0.2) is 4.68 Å². The van der Waals surface area contributed by atoms with Crippen molar-refractivity contribution in [2.24, 2.45) is 0 Å². The van der Waals surface area contributed by atoms with E-state index in [4.69, 9.17) is 12.2 Å². The molecule has 1 aliphatic rings. The van der Waals surface area contributed by atoms with Gasteiger partial charge in [-0.15, -0.1) is 6.58 Å². The molecule has 0 unspecified atom stereocenters. The van der Waals surface area contributed by atoms with Crippen LogP contribution in [0.15, 0.2) is 79.6 Å². The number of hydrogen-bond donors (Lipinski definition) is 0. The number of aromatic nitrogens is 3. The summed E-state index contributed by atoms with van der Waals surface area (Å²) in [4.78, 5) is 5.00. The SMILES string of the molecule is C=CCn1cnn(CN2CCN(C(c3ccccc3)c3ccccc3)CC2)c1=S. The van der Waals surface area contributed by atoms with E-state index in [9.17, 15) is 0 Å². The van der Waals surface area contributed by atoms with Crippen LogP contribution in [0.1, 0.15) is 17.2 Å². The molecular weight excluding hydrogens is 378 g/mol. The van der Waals surface area contributed by atoms with Gasteiger partial charge in [0.2, 0.25) is 0 Å². The minimum Gasteiger partial charge on any atom is -0.303 e. The Morgan fingerprint density at radius 3 is 2.07 bits per heavy atom. The molecule has 0 bridgehead atoms. The van der Waals surface area contributed by atoms with E-state index in [0.29, 0.717) is 6.54 Å². The Labute approximate surface area is 177 Å². The second-order valence-electron chi connectivity index (χ2n) is 7.37. The van der Waals surface area contributed by atoms with Gasteiger partial charge >= 0.3 is 0 Å². The van der Waals surface area contributed by atoms with Crippen molar-refractivity contribution in [3.05, 3.63) is 95.5 Å². The van der Waals surface area contributed by atoms with Crippen LogP contribution in [-0.4, -0.2) is 50.3 Å². The summed E-state index contributed by atoms with van der Waals surface area (Å²) < 4.78 is 4.60. The molecule has 0 aliphatic carbocycles. The zero-order valence-corrected chi connectivity index (χ0v) is 17.4. The monoisotopic (exact) mass is 405 g/mol. The number of hydrogen-bond acceptors (Lipinski definition) is 4. The van der Waals surface area contributed by atoms with Crippen LogP contribution in [0.25, 0.3) is 0 Å². The van der Waals surface area contributed by atoms with Gasteiger partial charge in [0.1, 0.15) is 6.33 Å². The van der Waals surface area contributed by atoms with Crippen molar-refractivity contribution < 1.29 is 0 Å². The minimum absolute atomic E-state index is 0.286. The van der Waals surface area contributed by atoms with Crippen molar-refractivity contribution in [1.29, 1.82) is 0 Å². The van der Waals surface area contributed by atoms with E-state index in [1.54, 1.807) is 6.33 Å². The molecule has 29 heavy (non-hydrogen) atoms. The van der Waals surface area contributed by atoms with Gasteiger partial charge in [-0.05, 0) is 23.3 Å². The standard InChI is InChI=1S/C23H27N5S/c1-2-13-27-18-24-28(23(27)29)19-25-14-16-26(17-15-25)22(20-9-5-3-6-10-20)21-11-7-4-8-12-21/h2-12,18,22H,1,13-17,19H2. The van der Waals surface area contributed by atoms with Crippen molar-refractivity contribution in [1.82, 2.24) is 24.1 Å². The Bertz CT molecular complexity index is 932. The lowest BCUT2D eigenvalue weighted by Gasteiger charge is -2.39. The lowest BCUT2D eigenvalue weighted by atomic mass is 9.96. The molecule has 2 aromatic carbocycles. The van der Waals surface area contributed by atoms with Gasteiger partial charge in [-0.2, -0.15) is 5.10 Å². The largest absolute Gasteiger partial charge is 0.303 e. The molecule has 0 amide bonds. The molecule has 5 nitrogen and oxygen atoms in total. The first-order chi connectivity index (χ1) is 14.3. The number of allylic oxidation sites excluding steroid dienone is 1. The first-order valence-corrected chi connectivity index (χ1v) is 10.5. The fourth-order valence-electron chi connectivity index (χ4n) is 3.97. The molecule has 0 saturated carbocycles. The third-order valence-electron chi connectivity index (χ3n) is 5.46. The Hall–Kier alpha value is -2.54. The summed E-state index contributed by atoms with van der Waals surface area (Å²) in [7, 11) is 0. The van der Waals surface area contributed by atoms with Gasteiger partial charge in [0.05, 0.1) is 12.7 Å². The van der Waals surface area contributed by atoms with Crippen molar-refractivity contribution in [2.75, 3.05) is 26.2 Å². The lowest BCUT2D eigenvalue weighted by Crippen LogP contribution is -2.48. The molecule has 0 radical (unpaired) electrons. The molecule has 0 spiro atoms. The predicted molar refractivity (Wildman–Crippen MR) is 119 cm³/mol. The van der Waals surface area contributed by atoms with Gasteiger partial charge in [-0.1, -0.05) is 66.7 Å². The molecule has 150 valence electrons. The fourth-order valence-corrected chi connectivity index (χ4v) is 4.20. The van der Waals surface area contributed by atoms with E-state index in [2.05, 4.69) is 82.1 Å². The summed E-state index contributed by atoms with van der Waals surface area (Å²) in [6, 6.07) is 21.9. The van der Waals surface area contributed by atoms with Crippen molar-refractivity contribution in [3.8, 4) is 0 Å². The Balaban J connectivity index is 1.46. The summed E-state index contributed by atoms with van der Waals surface area (Å²) in [5.41, 5.74) is 2.69. The molecule has 6 heteroatoms. The average molecular weight is 406 g/mol. The first-order valence-electron chi connectivity index (χ1n) is 10.1. The lowest BCUT2D eigenvalue weighted by molar-refractivity contribution is 0.0843. The highest BCUT2D eigenvalue weighted by atomic mass is 32.1. The molecular formula is C23H27N5S. The van der Waals surface area contributed by atoms with Gasteiger partial charge in [0, 0.05) is 32.7 Å². The predicted octanol–water partition coefficient (Wildman–Crippen LogP) is 3.96. The van der Waals surface area contributed by atoms with Crippen LogP contribution in [0, 0.1) is 4.77 Å². The summed E-state index contributed by atoms with van der Waals surface area (Å²) in [6.07, 6.45) is 3.63. The van der Waals surface area contributed by atoms with Crippen LogP contribution in [-0.2, 0) is 13.2 Å². The van der Waals surface area contributed by atoms with E-state index in [-0.39, 0.29) is 6.04 Å². The van der Waals surface area contributed by atoms with Gasteiger partial charge < -0.3 is 4.57 Å². The van der Waals surface area contributed by atoms with E-state index in [1.807, 2.05) is 15.3 Å². The molecule has 1 saturated heterocycles. The summed E-state index contributed by atoms with van der Waals surface area (Å²) in [5, 5.41) is 4.45. The molecule has 3 aromatic rings. The Morgan fingerprint density at radius 1 is 0.931 bits per heavy atom. The van der Waals surface area contributed by atoms with Crippen molar-refractivity contribution in [2.45, 2.75) is 19.3 Å². The summed E-state index contributed by atoms with van der Waals surface area (Å²) >= 11 is 5.53. The first kappa shape index (κ1) is 19.8. The minimum atomic E-state index is 0.286. The fraction of sp³-hybridized carbons (Fsp3) is 0.304. The molecule has 1 fully saturated rings. The molecule has 0 N–H and O–H groups in total. The van der Waals surface area contributed by atoms with Crippen LogP contribution in [0.4, 0.5) is 0 Å².